The number of aromatic nitrogens is 1. The highest BCUT2D eigenvalue weighted by Gasteiger charge is 2.19. The van der Waals surface area contributed by atoms with Crippen molar-refractivity contribution >= 4 is 34.0 Å². The lowest BCUT2D eigenvalue weighted by Crippen LogP contribution is -2.22. The second-order valence-corrected chi connectivity index (χ2v) is 8.44. The standard InChI is InChI=1S/C25H28N2O5S/c1-6-18-7-10-21(11-8-18)27(17(4)28)25-26-20(15-33-25)14-31-24(29)19-9-12-22(32-16(2)3)23(13-19)30-5/h7-13,15-16H,6,14H2,1-5H3. The summed E-state index contributed by atoms with van der Waals surface area (Å²) >= 11 is 1.32. The molecule has 0 atom stereocenters. The predicted octanol–water partition coefficient (Wildman–Crippen LogP) is 5.54. The Hall–Kier alpha value is -3.39. The second-order valence-electron chi connectivity index (χ2n) is 7.60. The molecule has 0 saturated heterocycles. The minimum absolute atomic E-state index is 0.0115. The fourth-order valence-electron chi connectivity index (χ4n) is 3.14. The van der Waals surface area contributed by atoms with Crippen molar-refractivity contribution in [3.05, 3.63) is 64.7 Å². The topological polar surface area (TPSA) is 78.0 Å². The number of carbonyl (C=O) groups is 2. The summed E-state index contributed by atoms with van der Waals surface area (Å²) in [5.74, 6) is 0.371. The summed E-state index contributed by atoms with van der Waals surface area (Å²) in [6.07, 6.45) is 0.904. The Morgan fingerprint density at radius 1 is 1.09 bits per heavy atom. The maximum absolute atomic E-state index is 12.5. The summed E-state index contributed by atoms with van der Waals surface area (Å²) in [5, 5.41) is 2.30. The molecular formula is C25H28N2O5S. The van der Waals surface area contributed by atoms with Crippen LogP contribution in [0.15, 0.2) is 47.8 Å². The van der Waals surface area contributed by atoms with E-state index in [1.807, 2.05) is 38.1 Å². The summed E-state index contributed by atoms with van der Waals surface area (Å²) in [7, 11) is 1.52. The van der Waals surface area contributed by atoms with Gasteiger partial charge in [-0.1, -0.05) is 19.1 Å². The number of methoxy groups -OCH3 is 1. The van der Waals surface area contributed by atoms with Crippen LogP contribution in [0.5, 0.6) is 11.5 Å². The molecule has 0 radical (unpaired) electrons. The quantitative estimate of drug-likeness (QED) is 0.384. The average molecular weight is 469 g/mol. The lowest BCUT2D eigenvalue weighted by atomic mass is 10.1. The van der Waals surface area contributed by atoms with Crippen molar-refractivity contribution in [1.29, 1.82) is 0 Å². The Morgan fingerprint density at radius 3 is 2.42 bits per heavy atom. The molecule has 0 aliphatic rings. The van der Waals surface area contributed by atoms with Gasteiger partial charge in [0.15, 0.2) is 16.6 Å². The molecule has 0 fully saturated rings. The summed E-state index contributed by atoms with van der Waals surface area (Å²) in [4.78, 5) is 30.9. The monoisotopic (exact) mass is 468 g/mol. The zero-order valence-corrected chi connectivity index (χ0v) is 20.3. The van der Waals surface area contributed by atoms with E-state index in [4.69, 9.17) is 14.2 Å². The van der Waals surface area contributed by atoms with E-state index in [-0.39, 0.29) is 18.6 Å². The van der Waals surface area contributed by atoms with Crippen molar-refractivity contribution in [3.63, 3.8) is 0 Å². The number of ether oxygens (including phenoxy) is 3. The van der Waals surface area contributed by atoms with Gasteiger partial charge in [-0.25, -0.2) is 9.78 Å². The van der Waals surface area contributed by atoms with Gasteiger partial charge in [-0.3, -0.25) is 9.69 Å². The van der Waals surface area contributed by atoms with E-state index < -0.39 is 5.97 Å². The van der Waals surface area contributed by atoms with Crippen LogP contribution < -0.4 is 14.4 Å². The highest BCUT2D eigenvalue weighted by Crippen LogP contribution is 2.31. The van der Waals surface area contributed by atoms with E-state index in [0.717, 1.165) is 12.1 Å². The first-order chi connectivity index (χ1) is 15.8. The Morgan fingerprint density at radius 2 is 1.82 bits per heavy atom. The highest BCUT2D eigenvalue weighted by molar-refractivity contribution is 7.14. The van der Waals surface area contributed by atoms with E-state index in [9.17, 15) is 9.59 Å². The predicted molar refractivity (Wildman–Crippen MR) is 129 cm³/mol. The van der Waals surface area contributed by atoms with Crippen molar-refractivity contribution in [2.45, 2.75) is 46.8 Å². The van der Waals surface area contributed by atoms with Crippen molar-refractivity contribution in [1.82, 2.24) is 4.98 Å². The fourth-order valence-corrected chi connectivity index (χ4v) is 4.01. The van der Waals surface area contributed by atoms with E-state index >= 15 is 0 Å². The first-order valence-electron chi connectivity index (χ1n) is 10.7. The molecule has 1 heterocycles. The minimum atomic E-state index is -0.502. The molecular weight excluding hydrogens is 440 g/mol. The van der Waals surface area contributed by atoms with Crippen LogP contribution in [0.25, 0.3) is 0 Å². The maximum Gasteiger partial charge on any atom is 0.338 e. The van der Waals surface area contributed by atoms with Crippen molar-refractivity contribution in [2.75, 3.05) is 12.0 Å². The van der Waals surface area contributed by atoms with Crippen LogP contribution in [-0.2, 0) is 22.6 Å². The molecule has 1 aromatic heterocycles. The third-order valence-corrected chi connectivity index (χ3v) is 5.64. The van der Waals surface area contributed by atoms with Crippen LogP contribution in [0, 0.1) is 0 Å². The number of rotatable bonds is 9. The number of amides is 1. The third-order valence-electron chi connectivity index (χ3n) is 4.76. The largest absolute Gasteiger partial charge is 0.493 e. The molecule has 8 heteroatoms. The van der Waals surface area contributed by atoms with Gasteiger partial charge in [0.05, 0.1) is 30.2 Å². The van der Waals surface area contributed by atoms with Gasteiger partial charge < -0.3 is 14.2 Å². The average Bonchev–Trinajstić information content (AvgIpc) is 3.26. The van der Waals surface area contributed by atoms with E-state index in [0.29, 0.717) is 27.9 Å². The Kier molecular flexibility index (Phi) is 8.06. The van der Waals surface area contributed by atoms with Crippen LogP contribution in [-0.4, -0.2) is 30.1 Å². The molecule has 0 bridgehead atoms. The molecule has 0 aliphatic heterocycles. The molecule has 0 spiro atoms. The summed E-state index contributed by atoms with van der Waals surface area (Å²) in [6, 6.07) is 12.7. The maximum atomic E-state index is 12.5. The SMILES string of the molecule is CCc1ccc(N(C(C)=O)c2nc(COC(=O)c3ccc(OC(C)C)c(OC)c3)cs2)cc1. The van der Waals surface area contributed by atoms with Gasteiger partial charge in [0.2, 0.25) is 5.91 Å². The Balaban J connectivity index is 1.69. The smallest absolute Gasteiger partial charge is 0.338 e. The van der Waals surface area contributed by atoms with Crippen LogP contribution in [0.4, 0.5) is 10.8 Å². The second kappa shape index (κ2) is 11.0. The molecule has 33 heavy (non-hydrogen) atoms. The van der Waals surface area contributed by atoms with Gasteiger partial charge in [-0.05, 0) is 56.2 Å². The number of hydrogen-bond acceptors (Lipinski definition) is 7. The molecule has 2 aromatic carbocycles. The third kappa shape index (κ3) is 6.10. The summed E-state index contributed by atoms with van der Waals surface area (Å²) < 4.78 is 16.4. The van der Waals surface area contributed by atoms with Crippen molar-refractivity contribution in [3.8, 4) is 11.5 Å². The van der Waals surface area contributed by atoms with Crippen molar-refractivity contribution < 1.29 is 23.8 Å². The number of anilines is 2. The molecule has 0 N–H and O–H groups in total. The molecule has 0 aliphatic carbocycles. The summed E-state index contributed by atoms with van der Waals surface area (Å²) in [6.45, 7) is 7.39. The number of carbonyl (C=O) groups excluding carboxylic acids is 2. The van der Waals surface area contributed by atoms with Gasteiger partial charge in [0.25, 0.3) is 0 Å². The van der Waals surface area contributed by atoms with Gasteiger partial charge >= 0.3 is 5.97 Å². The lowest BCUT2D eigenvalue weighted by molar-refractivity contribution is -0.115. The number of nitrogens with zero attached hydrogens (tertiary/aromatic N) is 2. The number of aryl methyl sites for hydroxylation is 1. The number of hydrogen-bond donors (Lipinski definition) is 0. The Bertz CT molecular complexity index is 1110. The van der Waals surface area contributed by atoms with Crippen LogP contribution in [0.1, 0.15) is 49.3 Å². The molecule has 7 nitrogen and oxygen atoms in total. The van der Waals surface area contributed by atoms with E-state index in [1.54, 1.807) is 28.5 Å². The molecule has 1 amide bonds. The highest BCUT2D eigenvalue weighted by atomic mass is 32.1. The van der Waals surface area contributed by atoms with Gasteiger partial charge in [-0.15, -0.1) is 11.3 Å². The van der Waals surface area contributed by atoms with Gasteiger partial charge in [0.1, 0.15) is 6.61 Å². The number of esters is 1. The van der Waals surface area contributed by atoms with Crippen molar-refractivity contribution in [2.24, 2.45) is 0 Å². The zero-order valence-electron chi connectivity index (χ0n) is 19.5. The first kappa shape index (κ1) is 24.3. The first-order valence-corrected chi connectivity index (χ1v) is 11.6. The van der Waals surface area contributed by atoms with Gasteiger partial charge in [0, 0.05) is 12.3 Å². The van der Waals surface area contributed by atoms with Crippen LogP contribution >= 0.6 is 11.3 Å². The molecule has 174 valence electrons. The fraction of sp³-hybridized carbons (Fsp3) is 0.320. The normalized spacial score (nSPS) is 10.7. The molecule has 0 unspecified atom stereocenters. The van der Waals surface area contributed by atoms with E-state index in [2.05, 4.69) is 11.9 Å². The molecule has 0 saturated carbocycles. The molecule has 3 rings (SSSR count). The van der Waals surface area contributed by atoms with Gasteiger partial charge in [-0.2, -0.15) is 0 Å². The molecule has 3 aromatic rings. The number of benzene rings is 2. The number of thiazole rings is 1. The summed E-state index contributed by atoms with van der Waals surface area (Å²) in [5.41, 5.74) is 2.84. The lowest BCUT2D eigenvalue weighted by Gasteiger charge is -2.18. The van der Waals surface area contributed by atoms with Crippen LogP contribution in [0.3, 0.4) is 0 Å². The minimum Gasteiger partial charge on any atom is -0.493 e. The van der Waals surface area contributed by atoms with E-state index in [1.165, 1.54) is 30.9 Å². The zero-order chi connectivity index (χ0) is 24.0. The Labute approximate surface area is 197 Å². The van der Waals surface area contributed by atoms with Crippen LogP contribution in [0.2, 0.25) is 0 Å².